The van der Waals surface area contributed by atoms with E-state index in [0.717, 1.165) is 4.90 Å². The van der Waals surface area contributed by atoms with Crippen molar-refractivity contribution in [2.75, 3.05) is 5.75 Å². The van der Waals surface area contributed by atoms with Crippen molar-refractivity contribution in [3.8, 4) is 0 Å². The van der Waals surface area contributed by atoms with E-state index in [4.69, 9.17) is 0 Å². The Morgan fingerprint density at radius 3 is 2.74 bits per heavy atom. The number of rotatable bonds is 5. The van der Waals surface area contributed by atoms with Gasteiger partial charge < -0.3 is 0 Å². The first-order chi connectivity index (χ1) is 9.11. The number of aromatic nitrogens is 2. The van der Waals surface area contributed by atoms with Gasteiger partial charge in [-0.15, -0.1) is 11.8 Å². The minimum absolute atomic E-state index is 0.000509. The summed E-state index contributed by atoms with van der Waals surface area (Å²) in [6.07, 6.45) is 1.62. The van der Waals surface area contributed by atoms with Gasteiger partial charge in [0.1, 0.15) is 11.5 Å². The Labute approximate surface area is 123 Å². The van der Waals surface area contributed by atoms with Crippen molar-refractivity contribution in [2.24, 2.45) is 0 Å². The molecule has 0 aliphatic rings. The molecule has 2 rings (SSSR count). The first kappa shape index (κ1) is 14.3. The average Bonchev–Trinajstić information content (AvgIpc) is 2.79. The molecule has 0 radical (unpaired) electrons. The maximum absolute atomic E-state index is 12.8. The zero-order chi connectivity index (χ0) is 13.8. The van der Waals surface area contributed by atoms with Crippen molar-refractivity contribution in [1.29, 1.82) is 0 Å². The number of nitrogens with zero attached hydrogens (tertiary/aromatic N) is 2. The topological polar surface area (TPSA) is 34.9 Å². The van der Waals surface area contributed by atoms with Crippen molar-refractivity contribution in [3.63, 3.8) is 0 Å². The fourth-order valence-electron chi connectivity index (χ4n) is 1.63. The summed E-state index contributed by atoms with van der Waals surface area (Å²) in [5, 5.41) is 4.11. The van der Waals surface area contributed by atoms with E-state index < -0.39 is 0 Å². The fraction of sp³-hybridized carbons (Fsp3) is 0.231. The van der Waals surface area contributed by atoms with E-state index in [-0.39, 0.29) is 11.6 Å². The van der Waals surface area contributed by atoms with Crippen LogP contribution in [0.4, 0.5) is 4.39 Å². The molecule has 2 aromatic rings. The quantitative estimate of drug-likeness (QED) is 0.612. The summed E-state index contributed by atoms with van der Waals surface area (Å²) in [4.78, 5) is 13.0. The molecular formula is C13H12BrFN2OS. The number of benzene rings is 1. The predicted octanol–water partition coefficient (Wildman–Crippen LogP) is 3.78. The van der Waals surface area contributed by atoms with Crippen LogP contribution in [0, 0.1) is 5.82 Å². The van der Waals surface area contributed by atoms with Gasteiger partial charge in [-0.05, 0) is 47.1 Å². The van der Waals surface area contributed by atoms with Gasteiger partial charge in [-0.2, -0.15) is 5.10 Å². The number of aryl methyl sites for hydroxylation is 1. The molecule has 0 aliphatic heterocycles. The Morgan fingerprint density at radius 1 is 1.42 bits per heavy atom. The molecule has 1 aromatic heterocycles. The molecule has 0 saturated heterocycles. The Bertz CT molecular complexity index is 583. The Hall–Kier alpha value is -1.14. The second-order valence-corrected chi connectivity index (χ2v) is 5.73. The SMILES string of the molecule is CCn1ncc(Br)c1C(=O)CSc1ccc(F)cc1. The normalized spacial score (nSPS) is 10.7. The molecule has 0 amide bonds. The molecule has 0 aliphatic carbocycles. The molecule has 1 aromatic carbocycles. The van der Waals surface area contributed by atoms with Gasteiger partial charge in [0.15, 0.2) is 5.78 Å². The molecule has 0 N–H and O–H groups in total. The van der Waals surface area contributed by atoms with Crippen LogP contribution in [0.5, 0.6) is 0 Å². The van der Waals surface area contributed by atoms with Crippen LogP contribution in [-0.2, 0) is 6.54 Å². The van der Waals surface area contributed by atoms with Crippen molar-refractivity contribution in [2.45, 2.75) is 18.4 Å². The minimum Gasteiger partial charge on any atom is -0.291 e. The minimum atomic E-state index is -0.275. The first-order valence-corrected chi connectivity index (χ1v) is 7.52. The predicted molar refractivity (Wildman–Crippen MR) is 77.1 cm³/mol. The van der Waals surface area contributed by atoms with Crippen LogP contribution in [0.15, 0.2) is 39.8 Å². The highest BCUT2D eigenvalue weighted by Crippen LogP contribution is 2.22. The number of Topliss-reactive ketones (excluding diaryl/α,β-unsaturated/α-hetero) is 1. The third-order valence-electron chi connectivity index (χ3n) is 2.54. The molecule has 0 saturated carbocycles. The molecule has 100 valence electrons. The van der Waals surface area contributed by atoms with Crippen molar-refractivity contribution in [3.05, 3.63) is 46.4 Å². The monoisotopic (exact) mass is 342 g/mol. The van der Waals surface area contributed by atoms with E-state index in [1.165, 1.54) is 23.9 Å². The van der Waals surface area contributed by atoms with Gasteiger partial charge in [0.2, 0.25) is 0 Å². The molecular weight excluding hydrogens is 331 g/mol. The summed E-state index contributed by atoms with van der Waals surface area (Å²) in [5.74, 6) is 0.0265. The number of hydrogen-bond donors (Lipinski definition) is 0. The molecule has 0 bridgehead atoms. The van der Waals surface area contributed by atoms with Gasteiger partial charge in [-0.1, -0.05) is 0 Å². The molecule has 0 spiro atoms. The van der Waals surface area contributed by atoms with E-state index in [9.17, 15) is 9.18 Å². The van der Waals surface area contributed by atoms with Crippen LogP contribution in [0.1, 0.15) is 17.4 Å². The summed E-state index contributed by atoms with van der Waals surface area (Å²) in [6.45, 7) is 2.58. The van der Waals surface area contributed by atoms with Gasteiger partial charge in [0.05, 0.1) is 16.4 Å². The lowest BCUT2D eigenvalue weighted by atomic mass is 10.3. The van der Waals surface area contributed by atoms with E-state index in [1.54, 1.807) is 23.0 Å². The highest BCUT2D eigenvalue weighted by molar-refractivity contribution is 9.10. The molecule has 0 fully saturated rings. The molecule has 1 heterocycles. The maximum Gasteiger partial charge on any atom is 0.192 e. The van der Waals surface area contributed by atoms with Crippen molar-refractivity contribution >= 4 is 33.5 Å². The third kappa shape index (κ3) is 3.45. The maximum atomic E-state index is 12.8. The van der Waals surface area contributed by atoms with Crippen LogP contribution in [0.3, 0.4) is 0 Å². The van der Waals surface area contributed by atoms with E-state index in [0.29, 0.717) is 22.5 Å². The summed E-state index contributed by atoms with van der Waals surface area (Å²) in [6, 6.07) is 6.11. The van der Waals surface area contributed by atoms with Gasteiger partial charge in [0, 0.05) is 11.4 Å². The summed E-state index contributed by atoms with van der Waals surface area (Å²) < 4.78 is 15.1. The Kier molecular flexibility index (Phi) is 4.76. The summed E-state index contributed by atoms with van der Waals surface area (Å²) in [5.41, 5.74) is 0.581. The number of halogens is 2. The van der Waals surface area contributed by atoms with Crippen molar-refractivity contribution < 1.29 is 9.18 Å². The van der Waals surface area contributed by atoms with E-state index in [2.05, 4.69) is 21.0 Å². The van der Waals surface area contributed by atoms with Gasteiger partial charge >= 0.3 is 0 Å². The first-order valence-electron chi connectivity index (χ1n) is 5.74. The number of carbonyl (C=O) groups excluding carboxylic acids is 1. The number of carbonyl (C=O) groups is 1. The van der Waals surface area contributed by atoms with Crippen LogP contribution in [0.25, 0.3) is 0 Å². The molecule has 6 heteroatoms. The van der Waals surface area contributed by atoms with Crippen molar-refractivity contribution in [1.82, 2.24) is 9.78 Å². The molecule has 0 unspecified atom stereocenters. The van der Waals surface area contributed by atoms with Crippen LogP contribution < -0.4 is 0 Å². The van der Waals surface area contributed by atoms with E-state index in [1.807, 2.05) is 6.92 Å². The molecule has 3 nitrogen and oxygen atoms in total. The zero-order valence-corrected chi connectivity index (χ0v) is 12.7. The summed E-state index contributed by atoms with van der Waals surface area (Å²) >= 11 is 4.72. The highest BCUT2D eigenvalue weighted by Gasteiger charge is 2.16. The smallest absolute Gasteiger partial charge is 0.192 e. The summed E-state index contributed by atoms with van der Waals surface area (Å²) in [7, 11) is 0. The largest absolute Gasteiger partial charge is 0.291 e. The lowest BCUT2D eigenvalue weighted by Crippen LogP contribution is -2.12. The molecule has 19 heavy (non-hydrogen) atoms. The third-order valence-corrected chi connectivity index (χ3v) is 4.13. The number of thioether (sulfide) groups is 1. The van der Waals surface area contributed by atoms with Gasteiger partial charge in [-0.25, -0.2) is 4.39 Å². The van der Waals surface area contributed by atoms with Gasteiger partial charge in [0.25, 0.3) is 0 Å². The standard InChI is InChI=1S/C13H12BrFN2OS/c1-2-17-13(11(14)7-16-17)12(18)8-19-10-5-3-9(15)4-6-10/h3-7H,2,8H2,1H3. The zero-order valence-electron chi connectivity index (χ0n) is 10.3. The Morgan fingerprint density at radius 2 is 2.11 bits per heavy atom. The van der Waals surface area contributed by atoms with Crippen LogP contribution in [-0.4, -0.2) is 21.3 Å². The van der Waals surface area contributed by atoms with Crippen LogP contribution in [0.2, 0.25) is 0 Å². The highest BCUT2D eigenvalue weighted by atomic mass is 79.9. The number of ketones is 1. The second-order valence-electron chi connectivity index (χ2n) is 3.82. The fourth-order valence-corrected chi connectivity index (χ4v) is 2.91. The molecule has 0 atom stereocenters. The Balaban J connectivity index is 2.05. The number of hydrogen-bond acceptors (Lipinski definition) is 3. The van der Waals surface area contributed by atoms with E-state index >= 15 is 0 Å². The second kappa shape index (κ2) is 6.34. The lowest BCUT2D eigenvalue weighted by Gasteiger charge is -2.05. The average molecular weight is 343 g/mol. The lowest BCUT2D eigenvalue weighted by molar-refractivity contribution is 0.101. The van der Waals surface area contributed by atoms with Crippen LogP contribution >= 0.6 is 27.7 Å². The van der Waals surface area contributed by atoms with Gasteiger partial charge in [-0.3, -0.25) is 9.48 Å².